The van der Waals surface area contributed by atoms with Crippen LogP contribution in [0, 0.1) is 20.8 Å². The van der Waals surface area contributed by atoms with Crippen molar-refractivity contribution in [2.75, 3.05) is 5.32 Å². The predicted molar refractivity (Wildman–Crippen MR) is 104 cm³/mol. The number of carbonyl (C=O) groups is 1. The molecule has 7 heteroatoms. The van der Waals surface area contributed by atoms with Crippen molar-refractivity contribution < 1.29 is 9.53 Å². The van der Waals surface area contributed by atoms with Gasteiger partial charge in [0.25, 0.3) is 5.91 Å². The van der Waals surface area contributed by atoms with E-state index in [1.807, 2.05) is 68.9 Å². The monoisotopic (exact) mass is 367 g/mol. The van der Waals surface area contributed by atoms with Crippen molar-refractivity contribution in [3.05, 3.63) is 53.5 Å². The number of amides is 1. The molecule has 2 aromatic heterocycles. The maximum atomic E-state index is 12.6. The fourth-order valence-corrected chi connectivity index (χ4v) is 2.91. The topological polar surface area (TPSA) is 74.0 Å². The summed E-state index contributed by atoms with van der Waals surface area (Å²) in [5.74, 6) is 0.213. The third-order valence-electron chi connectivity index (χ3n) is 4.46. The lowest BCUT2D eigenvalue weighted by Gasteiger charge is -2.14. The minimum atomic E-state index is -0.688. The van der Waals surface area contributed by atoms with Crippen LogP contribution in [0.2, 0.25) is 0 Å². The summed E-state index contributed by atoms with van der Waals surface area (Å²) in [6, 6.07) is 9.77. The first-order valence-electron chi connectivity index (χ1n) is 9.04. The van der Waals surface area contributed by atoms with E-state index in [0.29, 0.717) is 5.88 Å². The number of aryl methyl sites for hydroxylation is 3. The van der Waals surface area contributed by atoms with E-state index < -0.39 is 6.10 Å². The van der Waals surface area contributed by atoms with Gasteiger partial charge in [-0.1, -0.05) is 18.2 Å². The van der Waals surface area contributed by atoms with Gasteiger partial charge in [-0.05, 0) is 46.8 Å². The summed E-state index contributed by atoms with van der Waals surface area (Å²) in [6.45, 7) is 10.2. The average molecular weight is 367 g/mol. The lowest BCUT2D eigenvalue weighted by Crippen LogP contribution is -2.30. The highest BCUT2D eigenvalue weighted by Crippen LogP contribution is 2.22. The largest absolute Gasteiger partial charge is 0.463 e. The number of hydrogen-bond donors (Lipinski definition) is 1. The number of carbonyl (C=O) groups excluding carboxylic acids is 1. The van der Waals surface area contributed by atoms with Crippen LogP contribution in [0.1, 0.15) is 30.8 Å². The summed E-state index contributed by atoms with van der Waals surface area (Å²) >= 11 is 0. The third kappa shape index (κ3) is 3.86. The van der Waals surface area contributed by atoms with Crippen molar-refractivity contribution >= 4 is 11.6 Å². The number of hydrogen-bond acceptors (Lipinski definition) is 4. The quantitative estimate of drug-likeness (QED) is 0.724. The van der Waals surface area contributed by atoms with Crippen molar-refractivity contribution in [3.8, 4) is 11.6 Å². The molecule has 27 heavy (non-hydrogen) atoms. The summed E-state index contributed by atoms with van der Waals surface area (Å²) in [5.41, 5.74) is 4.26. The zero-order valence-electron chi connectivity index (χ0n) is 16.4. The SMILES string of the molecule is CCn1nc(C)c(NC(=O)[C@H](C)Oc2nn(-c3ccccc3)cc2C)c1C. The van der Waals surface area contributed by atoms with Gasteiger partial charge < -0.3 is 10.1 Å². The fraction of sp³-hybridized carbons (Fsp3) is 0.350. The maximum absolute atomic E-state index is 12.6. The molecule has 1 atom stereocenters. The number of para-hydroxylation sites is 1. The van der Waals surface area contributed by atoms with Crippen LogP contribution in [-0.4, -0.2) is 31.6 Å². The molecule has 1 N–H and O–H groups in total. The second-order valence-corrected chi connectivity index (χ2v) is 6.51. The molecule has 0 aliphatic carbocycles. The van der Waals surface area contributed by atoms with E-state index in [1.54, 1.807) is 11.6 Å². The fourth-order valence-electron chi connectivity index (χ4n) is 2.91. The second-order valence-electron chi connectivity index (χ2n) is 6.51. The van der Waals surface area contributed by atoms with Gasteiger partial charge in [-0.25, -0.2) is 4.68 Å². The van der Waals surface area contributed by atoms with E-state index in [1.165, 1.54) is 0 Å². The Labute approximate surface area is 159 Å². The number of anilines is 1. The van der Waals surface area contributed by atoms with Gasteiger partial charge in [0.05, 0.1) is 22.8 Å². The van der Waals surface area contributed by atoms with E-state index in [9.17, 15) is 4.79 Å². The Bertz CT molecular complexity index is 943. The molecule has 0 spiro atoms. The van der Waals surface area contributed by atoms with Gasteiger partial charge in [-0.15, -0.1) is 5.10 Å². The first kappa shape index (κ1) is 18.7. The average Bonchev–Trinajstić information content (AvgIpc) is 3.16. The standard InChI is InChI=1S/C20H25N5O2/c1-6-24-15(4)18(14(3)22-24)21-19(26)16(5)27-20-13(2)12-25(23-20)17-10-8-7-9-11-17/h7-12,16H,6H2,1-5H3,(H,21,26)/t16-/m0/s1. The molecule has 0 aliphatic rings. The first-order chi connectivity index (χ1) is 12.9. The highest BCUT2D eigenvalue weighted by atomic mass is 16.5. The predicted octanol–water partition coefficient (Wildman–Crippen LogP) is 3.42. The van der Waals surface area contributed by atoms with Gasteiger partial charge >= 0.3 is 0 Å². The summed E-state index contributed by atoms with van der Waals surface area (Å²) in [4.78, 5) is 12.6. The van der Waals surface area contributed by atoms with Crippen LogP contribution < -0.4 is 10.1 Å². The molecule has 0 fully saturated rings. The zero-order valence-corrected chi connectivity index (χ0v) is 16.4. The van der Waals surface area contributed by atoms with Crippen LogP contribution in [0.25, 0.3) is 5.69 Å². The minimum absolute atomic E-state index is 0.231. The molecule has 1 amide bonds. The number of ether oxygens (including phenoxy) is 1. The molecular formula is C20H25N5O2. The molecule has 7 nitrogen and oxygen atoms in total. The molecule has 0 aliphatic heterocycles. The van der Waals surface area contributed by atoms with Crippen molar-refractivity contribution in [2.24, 2.45) is 0 Å². The van der Waals surface area contributed by atoms with E-state index in [4.69, 9.17) is 4.74 Å². The molecule has 0 saturated carbocycles. The molecule has 3 aromatic rings. The zero-order chi connectivity index (χ0) is 19.6. The normalized spacial score (nSPS) is 12.0. The Morgan fingerprint density at radius 3 is 2.52 bits per heavy atom. The number of benzene rings is 1. The molecule has 1 aromatic carbocycles. The minimum Gasteiger partial charge on any atom is -0.463 e. The Morgan fingerprint density at radius 1 is 1.19 bits per heavy atom. The van der Waals surface area contributed by atoms with E-state index in [2.05, 4.69) is 15.5 Å². The van der Waals surface area contributed by atoms with E-state index in [0.717, 1.165) is 34.9 Å². The summed E-state index contributed by atoms with van der Waals surface area (Å²) in [5, 5.41) is 11.8. The van der Waals surface area contributed by atoms with Gasteiger partial charge in [0.15, 0.2) is 6.10 Å². The third-order valence-corrected chi connectivity index (χ3v) is 4.46. The molecule has 0 radical (unpaired) electrons. The maximum Gasteiger partial charge on any atom is 0.265 e. The lowest BCUT2D eigenvalue weighted by atomic mass is 10.3. The molecule has 142 valence electrons. The molecule has 0 saturated heterocycles. The summed E-state index contributed by atoms with van der Waals surface area (Å²) in [7, 11) is 0. The van der Waals surface area contributed by atoms with Gasteiger partial charge in [-0.2, -0.15) is 5.10 Å². The summed E-state index contributed by atoms with van der Waals surface area (Å²) in [6.07, 6.45) is 1.20. The van der Waals surface area contributed by atoms with E-state index >= 15 is 0 Å². The van der Waals surface area contributed by atoms with Crippen molar-refractivity contribution in [3.63, 3.8) is 0 Å². The van der Waals surface area contributed by atoms with Crippen LogP contribution in [-0.2, 0) is 11.3 Å². The highest BCUT2D eigenvalue weighted by Gasteiger charge is 2.21. The summed E-state index contributed by atoms with van der Waals surface area (Å²) < 4.78 is 9.43. The Kier molecular flexibility index (Phi) is 5.30. The Morgan fingerprint density at radius 2 is 1.89 bits per heavy atom. The van der Waals surface area contributed by atoms with Crippen LogP contribution in [0.3, 0.4) is 0 Å². The molecule has 0 bridgehead atoms. The second kappa shape index (κ2) is 7.65. The Hall–Kier alpha value is -3.09. The van der Waals surface area contributed by atoms with Gasteiger partial charge in [0, 0.05) is 18.3 Å². The van der Waals surface area contributed by atoms with Crippen LogP contribution in [0.4, 0.5) is 5.69 Å². The number of nitrogens with zero attached hydrogens (tertiary/aromatic N) is 4. The molecule has 3 rings (SSSR count). The molecule has 0 unspecified atom stereocenters. The van der Waals surface area contributed by atoms with Gasteiger partial charge in [0.1, 0.15) is 0 Å². The lowest BCUT2D eigenvalue weighted by molar-refractivity contribution is -0.122. The Balaban J connectivity index is 1.72. The highest BCUT2D eigenvalue weighted by molar-refractivity contribution is 5.95. The first-order valence-corrected chi connectivity index (χ1v) is 9.04. The van der Waals surface area contributed by atoms with Crippen molar-refractivity contribution in [2.45, 2.75) is 47.3 Å². The number of rotatable bonds is 6. The molecular weight excluding hydrogens is 342 g/mol. The molecule has 2 heterocycles. The van der Waals surface area contributed by atoms with Gasteiger partial charge in [-0.3, -0.25) is 9.48 Å². The van der Waals surface area contributed by atoms with Crippen molar-refractivity contribution in [1.29, 1.82) is 0 Å². The van der Waals surface area contributed by atoms with Crippen LogP contribution >= 0.6 is 0 Å². The van der Waals surface area contributed by atoms with Crippen molar-refractivity contribution in [1.82, 2.24) is 19.6 Å². The van der Waals surface area contributed by atoms with Crippen LogP contribution in [0.15, 0.2) is 36.5 Å². The van der Waals surface area contributed by atoms with E-state index in [-0.39, 0.29) is 5.91 Å². The number of aromatic nitrogens is 4. The van der Waals surface area contributed by atoms with Gasteiger partial charge in [0.2, 0.25) is 5.88 Å². The number of nitrogens with one attached hydrogen (secondary N) is 1. The van der Waals surface area contributed by atoms with Crippen LogP contribution in [0.5, 0.6) is 5.88 Å². The smallest absolute Gasteiger partial charge is 0.265 e.